The van der Waals surface area contributed by atoms with Gasteiger partial charge in [-0.05, 0) is 43.7 Å². The molecule has 4 heterocycles. The van der Waals surface area contributed by atoms with Crippen LogP contribution in [0.1, 0.15) is 31.2 Å². The quantitative estimate of drug-likeness (QED) is 0.672. The van der Waals surface area contributed by atoms with E-state index < -0.39 is 0 Å². The predicted molar refractivity (Wildman–Crippen MR) is 118 cm³/mol. The number of hydrogen-bond acceptors (Lipinski definition) is 4. The first-order valence-electron chi connectivity index (χ1n) is 10.3. The summed E-state index contributed by atoms with van der Waals surface area (Å²) in [5.74, 6) is 0.713. The van der Waals surface area contributed by atoms with Gasteiger partial charge in [0.2, 0.25) is 5.69 Å². The second-order valence-electron chi connectivity index (χ2n) is 7.68. The van der Waals surface area contributed by atoms with E-state index in [1.165, 1.54) is 16.8 Å². The lowest BCUT2D eigenvalue weighted by atomic mass is 10.0. The number of aromatic nitrogens is 3. The number of nitrogens with zero attached hydrogens (tertiary/aromatic N) is 4. The van der Waals surface area contributed by atoms with Gasteiger partial charge >= 0.3 is 0 Å². The third kappa shape index (κ3) is 3.09. The van der Waals surface area contributed by atoms with Gasteiger partial charge in [-0.1, -0.05) is 0 Å². The molecular weight excluding hydrogens is 374 g/mol. The lowest BCUT2D eigenvalue weighted by Crippen LogP contribution is -2.17. The Balaban J connectivity index is 1.54. The molecule has 0 saturated heterocycles. The Hall–Kier alpha value is -3.38. The van der Waals surface area contributed by atoms with Crippen LogP contribution in [0.25, 0.3) is 22.4 Å². The van der Waals surface area contributed by atoms with Gasteiger partial charge in [0.15, 0.2) is 5.70 Å². The highest BCUT2D eigenvalue weighted by Gasteiger charge is 2.34. The van der Waals surface area contributed by atoms with Crippen LogP contribution in [0.5, 0.6) is 0 Å². The fourth-order valence-corrected chi connectivity index (χ4v) is 4.34. The third-order valence-electron chi connectivity index (χ3n) is 5.84. The van der Waals surface area contributed by atoms with Crippen molar-refractivity contribution in [3.63, 3.8) is 0 Å². The van der Waals surface area contributed by atoms with Crippen molar-refractivity contribution in [1.82, 2.24) is 19.9 Å². The first kappa shape index (κ1) is 18.6. The number of hydrogen-bond donors (Lipinski definition) is 1. The third-order valence-corrected chi connectivity index (χ3v) is 5.84. The van der Waals surface area contributed by atoms with Crippen LogP contribution in [-0.2, 0) is 0 Å². The van der Waals surface area contributed by atoms with Crippen LogP contribution in [0, 0.1) is 6.92 Å². The van der Waals surface area contributed by atoms with E-state index in [0.29, 0.717) is 5.82 Å². The van der Waals surface area contributed by atoms with Crippen LogP contribution >= 0.6 is 0 Å². The average Bonchev–Trinajstić information content (AvgIpc) is 2.89. The van der Waals surface area contributed by atoms with Crippen molar-refractivity contribution < 1.29 is 4.58 Å². The number of fused-ring (bicyclic) bond motifs is 2. The molecular formula is C24H24N5O+. The highest BCUT2D eigenvalue weighted by atomic mass is 16.1. The zero-order valence-corrected chi connectivity index (χ0v) is 17.2. The zero-order chi connectivity index (χ0) is 20.7. The van der Waals surface area contributed by atoms with Crippen LogP contribution in [0.4, 0.5) is 5.69 Å². The first-order valence-corrected chi connectivity index (χ1v) is 10.3. The highest BCUT2D eigenvalue weighted by molar-refractivity contribution is 5.81. The molecule has 30 heavy (non-hydrogen) atoms. The lowest BCUT2D eigenvalue weighted by Gasteiger charge is -2.09. The van der Waals surface area contributed by atoms with Gasteiger partial charge in [-0.2, -0.15) is 4.58 Å². The number of pyridine rings is 1. The van der Waals surface area contributed by atoms with Crippen LogP contribution in [-0.4, -0.2) is 38.4 Å². The van der Waals surface area contributed by atoms with E-state index in [0.717, 1.165) is 48.4 Å². The molecule has 150 valence electrons. The van der Waals surface area contributed by atoms with Crippen LogP contribution in [0.15, 0.2) is 59.4 Å². The summed E-state index contributed by atoms with van der Waals surface area (Å²) >= 11 is 0. The molecule has 0 radical (unpaired) electrons. The van der Waals surface area contributed by atoms with Gasteiger partial charge in [0.1, 0.15) is 12.0 Å². The Morgan fingerprint density at radius 2 is 1.97 bits per heavy atom. The molecule has 1 N–H and O–H groups in total. The Morgan fingerprint density at radius 1 is 1.13 bits per heavy atom. The normalized spacial score (nSPS) is 17.1. The summed E-state index contributed by atoms with van der Waals surface area (Å²) in [5, 5.41) is 3.52. The van der Waals surface area contributed by atoms with Gasteiger partial charge < -0.3 is 5.32 Å². The number of benzene rings is 1. The van der Waals surface area contributed by atoms with Crippen molar-refractivity contribution in [2.24, 2.45) is 0 Å². The van der Waals surface area contributed by atoms with Crippen molar-refractivity contribution in [3.05, 3.63) is 76.4 Å². The van der Waals surface area contributed by atoms with Crippen molar-refractivity contribution in [2.45, 2.75) is 26.7 Å². The summed E-state index contributed by atoms with van der Waals surface area (Å²) in [6.07, 6.45) is 9.64. The molecule has 6 nitrogen and oxygen atoms in total. The monoisotopic (exact) mass is 398 g/mol. The Bertz CT molecular complexity index is 1250. The van der Waals surface area contributed by atoms with Crippen molar-refractivity contribution >= 4 is 17.5 Å². The largest absolute Gasteiger partial charge is 0.312 e. The van der Waals surface area contributed by atoms with E-state index in [4.69, 9.17) is 0 Å². The standard InChI is InChI=1S/C24H24N5O/c1-3-28-22-5-4-9-25-15-21(22)20-7-6-19(12-23(20)28)29-10-8-17(11-24(29)30)18-13-26-16(2)27-14-18/h3,6-8,10-14,25H,4-5,9,15H2,1-2H3/q+1. The summed E-state index contributed by atoms with van der Waals surface area (Å²) in [6, 6.07) is 9.86. The highest BCUT2D eigenvalue weighted by Crippen LogP contribution is 2.41. The van der Waals surface area contributed by atoms with E-state index in [2.05, 4.69) is 45.1 Å². The second-order valence-corrected chi connectivity index (χ2v) is 7.68. The molecule has 1 aromatic carbocycles. The van der Waals surface area contributed by atoms with Gasteiger partial charge in [-0.3, -0.25) is 9.36 Å². The number of rotatable bonds is 2. The minimum Gasteiger partial charge on any atom is -0.312 e. The molecule has 0 fully saturated rings. The van der Waals surface area contributed by atoms with Crippen LogP contribution < -0.4 is 10.9 Å². The zero-order valence-electron chi connectivity index (χ0n) is 17.2. The second kappa shape index (κ2) is 7.46. The summed E-state index contributed by atoms with van der Waals surface area (Å²) in [6.45, 7) is 5.84. The van der Waals surface area contributed by atoms with Crippen molar-refractivity contribution in [1.29, 1.82) is 0 Å². The van der Waals surface area contributed by atoms with Crippen LogP contribution in [0.2, 0.25) is 0 Å². The lowest BCUT2D eigenvalue weighted by molar-refractivity contribution is -0.376. The smallest absolute Gasteiger partial charge is 0.255 e. The molecule has 0 spiro atoms. The molecule has 0 bridgehead atoms. The molecule has 0 amide bonds. The summed E-state index contributed by atoms with van der Waals surface area (Å²) in [5.41, 5.74) is 7.59. The maximum absolute atomic E-state index is 12.9. The molecule has 2 aliphatic heterocycles. The molecule has 5 rings (SSSR count). The minimum atomic E-state index is -0.0748. The van der Waals surface area contributed by atoms with Crippen molar-refractivity contribution in [3.8, 4) is 16.8 Å². The van der Waals surface area contributed by atoms with Gasteiger partial charge in [-0.25, -0.2) is 9.97 Å². The first-order chi connectivity index (χ1) is 14.7. The van der Waals surface area contributed by atoms with E-state index in [1.807, 2.05) is 25.3 Å². The Morgan fingerprint density at radius 3 is 2.73 bits per heavy atom. The molecule has 2 aliphatic rings. The molecule has 3 aromatic rings. The maximum atomic E-state index is 12.9. The van der Waals surface area contributed by atoms with Gasteiger partial charge in [0, 0.05) is 61.7 Å². The van der Waals surface area contributed by atoms with Crippen molar-refractivity contribution in [2.75, 3.05) is 13.1 Å². The molecule has 0 aliphatic carbocycles. The number of nitrogens with one attached hydrogen (secondary N) is 1. The molecule has 2 aromatic heterocycles. The maximum Gasteiger partial charge on any atom is 0.255 e. The van der Waals surface area contributed by atoms with E-state index >= 15 is 0 Å². The van der Waals surface area contributed by atoms with E-state index in [1.54, 1.807) is 23.0 Å². The van der Waals surface area contributed by atoms with Gasteiger partial charge in [0.25, 0.3) is 5.56 Å². The van der Waals surface area contributed by atoms with Gasteiger partial charge in [-0.15, -0.1) is 0 Å². The molecule has 0 saturated carbocycles. The Labute approximate surface area is 175 Å². The summed E-state index contributed by atoms with van der Waals surface area (Å²) < 4.78 is 3.97. The number of aryl methyl sites for hydroxylation is 1. The molecule has 0 unspecified atom stereocenters. The van der Waals surface area contributed by atoms with E-state index in [-0.39, 0.29) is 5.56 Å². The average molecular weight is 398 g/mol. The fourth-order valence-electron chi connectivity index (χ4n) is 4.34. The summed E-state index contributed by atoms with van der Waals surface area (Å²) in [4.78, 5) is 21.4. The molecule has 6 heteroatoms. The van der Waals surface area contributed by atoms with Gasteiger partial charge in [0.05, 0.1) is 11.3 Å². The topological polar surface area (TPSA) is 62.8 Å². The SMILES string of the molecule is CC=[N+]1C2=C(CNCCC2)c2ccc(-n3ccc(-c4cnc(C)nc4)cc3=O)cc21. The predicted octanol–water partition coefficient (Wildman–Crippen LogP) is 3.45. The summed E-state index contributed by atoms with van der Waals surface area (Å²) in [7, 11) is 0. The van der Waals surface area contributed by atoms with E-state index in [9.17, 15) is 4.79 Å². The number of allylic oxidation sites excluding steroid dienone is 1. The fraction of sp³-hybridized carbons (Fsp3) is 0.250. The molecule has 0 atom stereocenters. The Kier molecular flexibility index (Phi) is 4.64. The van der Waals surface area contributed by atoms with Crippen LogP contribution in [0.3, 0.4) is 0 Å². The minimum absolute atomic E-state index is 0.0748.